The molecule has 1 aliphatic heterocycles. The average Bonchev–Trinajstić information content (AvgIpc) is 2.39. The molecule has 1 aliphatic rings. The SMILES string of the molecule is COC1=NC=CN(C(=O)c2ccccc2)C1. The van der Waals surface area contributed by atoms with Crippen molar-refractivity contribution in [3.05, 3.63) is 48.3 Å². The van der Waals surface area contributed by atoms with E-state index >= 15 is 0 Å². The maximum atomic E-state index is 12.0. The number of hydrogen-bond acceptors (Lipinski definition) is 3. The van der Waals surface area contributed by atoms with Crippen LogP contribution in [0.1, 0.15) is 10.4 Å². The molecule has 2 rings (SSSR count). The maximum absolute atomic E-state index is 12.0. The molecule has 0 saturated carbocycles. The van der Waals surface area contributed by atoms with Gasteiger partial charge >= 0.3 is 0 Å². The molecule has 4 nitrogen and oxygen atoms in total. The van der Waals surface area contributed by atoms with Crippen molar-refractivity contribution < 1.29 is 9.53 Å². The van der Waals surface area contributed by atoms with E-state index in [0.29, 0.717) is 18.0 Å². The summed E-state index contributed by atoms with van der Waals surface area (Å²) in [5.41, 5.74) is 0.657. The standard InChI is InChI=1S/C12H12N2O2/c1-16-11-9-14(8-7-13-11)12(15)10-5-3-2-4-6-10/h2-8H,9H2,1H3. The molecular formula is C12H12N2O2. The number of ether oxygens (including phenoxy) is 1. The number of amides is 1. The Morgan fingerprint density at radius 2 is 2.12 bits per heavy atom. The second kappa shape index (κ2) is 4.61. The van der Waals surface area contributed by atoms with Crippen LogP contribution in [0.25, 0.3) is 0 Å². The predicted molar refractivity (Wildman–Crippen MR) is 61.1 cm³/mol. The Labute approximate surface area is 93.9 Å². The van der Waals surface area contributed by atoms with Gasteiger partial charge in [0, 0.05) is 18.0 Å². The van der Waals surface area contributed by atoms with E-state index < -0.39 is 0 Å². The van der Waals surface area contributed by atoms with Gasteiger partial charge in [-0.2, -0.15) is 0 Å². The minimum atomic E-state index is -0.0544. The molecule has 1 aromatic carbocycles. The number of hydrogen-bond donors (Lipinski definition) is 0. The van der Waals surface area contributed by atoms with Gasteiger partial charge in [0.25, 0.3) is 5.91 Å². The van der Waals surface area contributed by atoms with E-state index in [4.69, 9.17) is 4.74 Å². The van der Waals surface area contributed by atoms with E-state index in [1.807, 2.05) is 18.2 Å². The van der Waals surface area contributed by atoms with Crippen LogP contribution in [0.4, 0.5) is 0 Å². The molecule has 4 heteroatoms. The maximum Gasteiger partial charge on any atom is 0.258 e. The minimum Gasteiger partial charge on any atom is -0.483 e. The molecule has 1 amide bonds. The fourth-order valence-electron chi connectivity index (χ4n) is 1.44. The first kappa shape index (κ1) is 10.4. The summed E-state index contributed by atoms with van der Waals surface area (Å²) in [6, 6.07) is 9.13. The van der Waals surface area contributed by atoms with Gasteiger partial charge in [-0.25, -0.2) is 4.99 Å². The number of nitrogens with zero attached hydrogens (tertiary/aromatic N) is 2. The van der Waals surface area contributed by atoms with Crippen LogP contribution in [0.2, 0.25) is 0 Å². The van der Waals surface area contributed by atoms with Crippen molar-refractivity contribution in [3.63, 3.8) is 0 Å². The van der Waals surface area contributed by atoms with Crippen LogP contribution < -0.4 is 0 Å². The fourth-order valence-corrected chi connectivity index (χ4v) is 1.44. The molecule has 0 bridgehead atoms. The van der Waals surface area contributed by atoms with Crippen molar-refractivity contribution in [1.29, 1.82) is 0 Å². The largest absolute Gasteiger partial charge is 0.483 e. The monoisotopic (exact) mass is 216 g/mol. The van der Waals surface area contributed by atoms with Crippen LogP contribution in [0.15, 0.2) is 47.7 Å². The lowest BCUT2D eigenvalue weighted by atomic mass is 10.2. The third-order valence-electron chi connectivity index (χ3n) is 2.29. The van der Waals surface area contributed by atoms with Gasteiger partial charge in [-0.05, 0) is 12.1 Å². The Hall–Kier alpha value is -2.10. The Kier molecular flexibility index (Phi) is 3.00. The Morgan fingerprint density at radius 1 is 1.38 bits per heavy atom. The van der Waals surface area contributed by atoms with E-state index in [0.717, 1.165) is 0 Å². The summed E-state index contributed by atoms with van der Waals surface area (Å²) in [7, 11) is 1.54. The van der Waals surface area contributed by atoms with Crippen LogP contribution in [-0.4, -0.2) is 30.4 Å². The van der Waals surface area contributed by atoms with Crippen LogP contribution in [0, 0.1) is 0 Å². The predicted octanol–water partition coefficient (Wildman–Crippen LogP) is 1.66. The third-order valence-corrected chi connectivity index (χ3v) is 2.29. The summed E-state index contributed by atoms with van der Waals surface area (Å²) in [4.78, 5) is 17.6. The van der Waals surface area contributed by atoms with Crippen LogP contribution in [-0.2, 0) is 4.74 Å². The molecule has 0 fully saturated rings. The zero-order valence-corrected chi connectivity index (χ0v) is 8.96. The molecule has 0 saturated heterocycles. The molecule has 0 aromatic heterocycles. The lowest BCUT2D eigenvalue weighted by Gasteiger charge is -2.20. The molecule has 0 spiro atoms. The molecule has 82 valence electrons. The van der Waals surface area contributed by atoms with Gasteiger partial charge in [0.05, 0.1) is 7.11 Å². The van der Waals surface area contributed by atoms with Crippen molar-refractivity contribution in [2.75, 3.05) is 13.7 Å². The first-order valence-corrected chi connectivity index (χ1v) is 4.94. The number of rotatable bonds is 1. The summed E-state index contributed by atoms with van der Waals surface area (Å²) < 4.78 is 5.01. The summed E-state index contributed by atoms with van der Waals surface area (Å²) >= 11 is 0. The van der Waals surface area contributed by atoms with Crippen molar-refractivity contribution in [1.82, 2.24) is 4.90 Å². The Balaban J connectivity index is 2.13. The van der Waals surface area contributed by atoms with Crippen molar-refractivity contribution in [2.45, 2.75) is 0 Å². The first-order valence-electron chi connectivity index (χ1n) is 4.94. The molecular weight excluding hydrogens is 204 g/mol. The Morgan fingerprint density at radius 3 is 2.81 bits per heavy atom. The highest BCUT2D eigenvalue weighted by atomic mass is 16.5. The van der Waals surface area contributed by atoms with E-state index in [2.05, 4.69) is 4.99 Å². The van der Waals surface area contributed by atoms with E-state index in [1.54, 1.807) is 36.5 Å². The Bertz CT molecular complexity index is 438. The van der Waals surface area contributed by atoms with E-state index in [9.17, 15) is 4.79 Å². The topological polar surface area (TPSA) is 41.9 Å². The average molecular weight is 216 g/mol. The molecule has 0 N–H and O–H groups in total. The number of carbonyl (C=O) groups is 1. The highest BCUT2D eigenvalue weighted by Gasteiger charge is 2.17. The lowest BCUT2D eigenvalue weighted by Crippen LogP contribution is -2.33. The smallest absolute Gasteiger partial charge is 0.258 e. The first-order chi connectivity index (χ1) is 7.81. The highest BCUT2D eigenvalue weighted by molar-refractivity contribution is 5.97. The molecule has 16 heavy (non-hydrogen) atoms. The summed E-state index contributed by atoms with van der Waals surface area (Å²) in [5.74, 6) is 0.480. The molecule has 0 aliphatic carbocycles. The lowest BCUT2D eigenvalue weighted by molar-refractivity contribution is 0.0831. The summed E-state index contributed by atoms with van der Waals surface area (Å²) in [5, 5.41) is 0. The molecule has 0 unspecified atom stereocenters. The number of aliphatic imine (C=N–C) groups is 1. The van der Waals surface area contributed by atoms with Gasteiger partial charge in [0.1, 0.15) is 6.54 Å². The van der Waals surface area contributed by atoms with Crippen molar-refractivity contribution in [2.24, 2.45) is 4.99 Å². The van der Waals surface area contributed by atoms with Gasteiger partial charge in [0.2, 0.25) is 5.90 Å². The van der Waals surface area contributed by atoms with Crippen LogP contribution in [0.5, 0.6) is 0 Å². The third kappa shape index (κ3) is 2.11. The number of methoxy groups -OCH3 is 1. The van der Waals surface area contributed by atoms with Gasteiger partial charge in [0.15, 0.2) is 0 Å². The normalized spacial score (nSPS) is 14.6. The zero-order chi connectivity index (χ0) is 11.4. The second-order valence-corrected chi connectivity index (χ2v) is 3.32. The van der Waals surface area contributed by atoms with Crippen molar-refractivity contribution in [3.8, 4) is 0 Å². The summed E-state index contributed by atoms with van der Waals surface area (Å²) in [6.07, 6.45) is 3.21. The molecule has 1 heterocycles. The fraction of sp³-hybridized carbons (Fsp3) is 0.167. The zero-order valence-electron chi connectivity index (χ0n) is 8.96. The second-order valence-electron chi connectivity index (χ2n) is 3.32. The molecule has 0 radical (unpaired) electrons. The summed E-state index contributed by atoms with van der Waals surface area (Å²) in [6.45, 7) is 0.376. The minimum absolute atomic E-state index is 0.0544. The highest BCUT2D eigenvalue weighted by Crippen LogP contribution is 2.08. The van der Waals surface area contributed by atoms with E-state index in [1.165, 1.54) is 0 Å². The van der Waals surface area contributed by atoms with Crippen LogP contribution in [0.3, 0.4) is 0 Å². The van der Waals surface area contributed by atoms with Gasteiger partial charge in [-0.3, -0.25) is 4.79 Å². The molecule has 1 aromatic rings. The molecule has 0 atom stereocenters. The number of carbonyl (C=O) groups excluding carboxylic acids is 1. The van der Waals surface area contributed by atoms with Crippen LogP contribution >= 0.6 is 0 Å². The number of benzene rings is 1. The van der Waals surface area contributed by atoms with E-state index in [-0.39, 0.29) is 5.91 Å². The quantitative estimate of drug-likeness (QED) is 0.716. The van der Waals surface area contributed by atoms with Gasteiger partial charge < -0.3 is 9.64 Å². The van der Waals surface area contributed by atoms with Crippen molar-refractivity contribution >= 4 is 11.8 Å². The van der Waals surface area contributed by atoms with Gasteiger partial charge in [-0.15, -0.1) is 0 Å². The van der Waals surface area contributed by atoms with Gasteiger partial charge in [-0.1, -0.05) is 18.2 Å².